The van der Waals surface area contributed by atoms with Crippen LogP contribution in [-0.2, 0) is 4.74 Å². The highest BCUT2D eigenvalue weighted by atomic mass is 19.1. The molecular formula is C19H24F2N8O2. The second kappa shape index (κ2) is 10.6. The van der Waals surface area contributed by atoms with Crippen molar-refractivity contribution in [3.8, 4) is 6.01 Å². The maximum Gasteiger partial charge on any atom is 0.323 e. The van der Waals surface area contributed by atoms with Gasteiger partial charge in [0.05, 0.1) is 25.5 Å². The van der Waals surface area contributed by atoms with E-state index in [1.165, 1.54) is 7.11 Å². The molecule has 166 valence electrons. The molecule has 31 heavy (non-hydrogen) atoms. The third kappa shape index (κ3) is 6.28. The molecule has 3 N–H and O–H groups in total. The van der Waals surface area contributed by atoms with Crippen LogP contribution in [0, 0.1) is 18.6 Å². The molecule has 0 aliphatic heterocycles. The molecule has 1 atom stereocenters. The van der Waals surface area contributed by atoms with Crippen molar-refractivity contribution in [1.82, 2.24) is 30.1 Å². The molecule has 12 heteroatoms. The highest BCUT2D eigenvalue weighted by molar-refractivity contribution is 5.50. The van der Waals surface area contributed by atoms with Gasteiger partial charge in [0.2, 0.25) is 11.9 Å². The fourth-order valence-corrected chi connectivity index (χ4v) is 2.64. The molecular weight excluding hydrogens is 410 g/mol. The van der Waals surface area contributed by atoms with Gasteiger partial charge in [0.1, 0.15) is 17.3 Å². The zero-order valence-corrected chi connectivity index (χ0v) is 17.4. The van der Waals surface area contributed by atoms with Crippen molar-refractivity contribution in [1.29, 1.82) is 0 Å². The van der Waals surface area contributed by atoms with Crippen molar-refractivity contribution in [3.63, 3.8) is 0 Å². The number of aryl methyl sites for hydroxylation is 1. The summed E-state index contributed by atoms with van der Waals surface area (Å²) in [5, 5.41) is 12.8. The van der Waals surface area contributed by atoms with Gasteiger partial charge in [-0.1, -0.05) is 13.3 Å². The molecule has 0 aliphatic rings. The van der Waals surface area contributed by atoms with Crippen molar-refractivity contribution >= 4 is 17.7 Å². The molecule has 0 bridgehead atoms. The van der Waals surface area contributed by atoms with Crippen LogP contribution in [0.2, 0.25) is 0 Å². The number of halogens is 2. The number of aromatic amines is 1. The number of nitrogens with zero attached hydrogens (tertiary/aromatic N) is 5. The van der Waals surface area contributed by atoms with Crippen LogP contribution in [-0.4, -0.2) is 50.5 Å². The maximum atomic E-state index is 14.3. The number of unbranched alkanes of at least 4 members (excludes halogenated alkanes) is 1. The predicted molar refractivity (Wildman–Crippen MR) is 109 cm³/mol. The number of hydrogen-bond donors (Lipinski definition) is 3. The van der Waals surface area contributed by atoms with E-state index in [4.69, 9.17) is 9.47 Å². The maximum absolute atomic E-state index is 14.3. The van der Waals surface area contributed by atoms with Crippen LogP contribution in [0.15, 0.2) is 18.3 Å². The Hall–Kier alpha value is -3.41. The summed E-state index contributed by atoms with van der Waals surface area (Å²) in [6.07, 6.45) is 2.70. The lowest BCUT2D eigenvalue weighted by Gasteiger charge is -2.18. The lowest BCUT2D eigenvalue weighted by molar-refractivity contribution is 0.183. The van der Waals surface area contributed by atoms with Gasteiger partial charge in [-0.3, -0.25) is 10.1 Å². The van der Waals surface area contributed by atoms with E-state index in [9.17, 15) is 8.78 Å². The van der Waals surface area contributed by atoms with Gasteiger partial charge < -0.3 is 20.1 Å². The van der Waals surface area contributed by atoms with E-state index in [0.29, 0.717) is 12.4 Å². The second-order valence-corrected chi connectivity index (χ2v) is 6.70. The first-order valence-electron chi connectivity index (χ1n) is 9.72. The van der Waals surface area contributed by atoms with Crippen molar-refractivity contribution in [2.45, 2.75) is 32.7 Å². The zero-order valence-electron chi connectivity index (χ0n) is 17.4. The van der Waals surface area contributed by atoms with Gasteiger partial charge in [-0.25, -0.2) is 8.78 Å². The molecule has 1 unspecified atom stereocenters. The van der Waals surface area contributed by atoms with E-state index < -0.39 is 17.7 Å². The van der Waals surface area contributed by atoms with Crippen molar-refractivity contribution < 1.29 is 18.3 Å². The minimum absolute atomic E-state index is 0.0328. The molecule has 0 radical (unpaired) electrons. The van der Waals surface area contributed by atoms with Gasteiger partial charge in [-0.05, 0) is 13.3 Å². The molecule has 0 aromatic carbocycles. The van der Waals surface area contributed by atoms with Gasteiger partial charge in [0.15, 0.2) is 5.82 Å². The minimum Gasteiger partial charge on any atom is -0.463 e. The molecule has 0 fully saturated rings. The Labute approximate surface area is 177 Å². The molecule has 0 saturated heterocycles. The van der Waals surface area contributed by atoms with Crippen LogP contribution in [0.1, 0.15) is 37.2 Å². The third-order valence-corrected chi connectivity index (χ3v) is 4.09. The van der Waals surface area contributed by atoms with Gasteiger partial charge in [-0.2, -0.15) is 20.1 Å². The Bertz CT molecular complexity index is 1000. The first-order valence-corrected chi connectivity index (χ1v) is 9.72. The summed E-state index contributed by atoms with van der Waals surface area (Å²) in [5.74, 6) is -0.796. The highest BCUT2D eigenvalue weighted by Gasteiger charge is 2.20. The van der Waals surface area contributed by atoms with Crippen molar-refractivity contribution in [2.24, 2.45) is 0 Å². The Kier molecular flexibility index (Phi) is 7.60. The topological polar surface area (TPSA) is 123 Å². The lowest BCUT2D eigenvalue weighted by atomic mass is 10.2. The van der Waals surface area contributed by atoms with Gasteiger partial charge in [-0.15, -0.1) is 0 Å². The molecule has 3 heterocycles. The Balaban J connectivity index is 1.88. The number of pyridine rings is 1. The third-order valence-electron chi connectivity index (χ3n) is 4.09. The summed E-state index contributed by atoms with van der Waals surface area (Å²) in [7, 11) is 1.45. The number of H-pyrrole nitrogens is 1. The smallest absolute Gasteiger partial charge is 0.323 e. The first kappa shape index (κ1) is 22.3. The highest BCUT2D eigenvalue weighted by Crippen LogP contribution is 2.22. The SMILES string of the molecule is CCCCOc1nc(Nc2cc(C)[nH]n2)nc(NC(COC)c2ncc(F)cc2F)n1. The average molecular weight is 434 g/mol. The number of hydrogen-bond acceptors (Lipinski definition) is 9. The monoisotopic (exact) mass is 434 g/mol. The van der Waals surface area contributed by atoms with Crippen LogP contribution in [0.5, 0.6) is 6.01 Å². The first-order chi connectivity index (χ1) is 15.0. The standard InChI is InChI=1S/C19H24F2N8O2/c1-4-5-6-31-19-26-17(25-18(27-19)24-15-7-11(2)28-29-15)23-14(10-30-3)16-13(21)8-12(20)9-22-16/h7-9,14H,4-6,10H2,1-3H3,(H3,23,24,25,26,27,28,29). The van der Waals surface area contributed by atoms with E-state index in [-0.39, 0.29) is 30.2 Å². The summed E-state index contributed by atoms with van der Waals surface area (Å²) >= 11 is 0. The molecule has 3 rings (SSSR count). The average Bonchev–Trinajstić information content (AvgIpc) is 3.12. The molecule has 0 amide bonds. The fraction of sp³-hybridized carbons (Fsp3) is 0.421. The number of rotatable bonds is 11. The molecule has 3 aromatic rings. The normalized spacial score (nSPS) is 11.9. The van der Waals surface area contributed by atoms with Gasteiger partial charge in [0, 0.05) is 24.9 Å². The number of aromatic nitrogens is 6. The van der Waals surface area contributed by atoms with Crippen molar-refractivity contribution in [3.05, 3.63) is 41.4 Å². The van der Waals surface area contributed by atoms with Crippen LogP contribution < -0.4 is 15.4 Å². The van der Waals surface area contributed by atoms with E-state index in [1.807, 2.05) is 13.8 Å². The van der Waals surface area contributed by atoms with E-state index >= 15 is 0 Å². The fourth-order valence-electron chi connectivity index (χ4n) is 2.64. The van der Waals surface area contributed by atoms with E-state index in [1.54, 1.807) is 6.07 Å². The number of nitrogens with one attached hydrogen (secondary N) is 3. The van der Waals surface area contributed by atoms with Crippen LogP contribution >= 0.6 is 0 Å². The number of ether oxygens (including phenoxy) is 2. The van der Waals surface area contributed by atoms with Crippen molar-refractivity contribution in [2.75, 3.05) is 31.0 Å². The summed E-state index contributed by atoms with van der Waals surface area (Å²) in [4.78, 5) is 16.6. The van der Waals surface area contributed by atoms with Crippen LogP contribution in [0.25, 0.3) is 0 Å². The molecule has 10 nitrogen and oxygen atoms in total. The van der Waals surface area contributed by atoms with Gasteiger partial charge >= 0.3 is 6.01 Å². The molecule has 3 aromatic heterocycles. The van der Waals surface area contributed by atoms with E-state index in [2.05, 4.69) is 40.8 Å². The Morgan fingerprint density at radius 3 is 2.65 bits per heavy atom. The zero-order chi connectivity index (χ0) is 22.2. The summed E-state index contributed by atoms with van der Waals surface area (Å²) in [5.41, 5.74) is 0.821. The second-order valence-electron chi connectivity index (χ2n) is 6.70. The lowest BCUT2D eigenvalue weighted by Crippen LogP contribution is -2.21. The molecule has 0 saturated carbocycles. The quantitative estimate of drug-likeness (QED) is 0.390. The minimum atomic E-state index is -0.812. The van der Waals surface area contributed by atoms with Gasteiger partial charge in [0.25, 0.3) is 0 Å². The number of anilines is 3. The predicted octanol–water partition coefficient (Wildman–Crippen LogP) is 3.30. The molecule has 0 aliphatic carbocycles. The largest absolute Gasteiger partial charge is 0.463 e. The number of methoxy groups -OCH3 is 1. The summed E-state index contributed by atoms with van der Waals surface area (Å²) in [6.45, 7) is 4.36. The summed E-state index contributed by atoms with van der Waals surface area (Å²) in [6, 6.07) is 1.84. The Morgan fingerprint density at radius 1 is 1.16 bits per heavy atom. The summed E-state index contributed by atoms with van der Waals surface area (Å²) < 4.78 is 38.3. The van der Waals surface area contributed by atoms with E-state index in [0.717, 1.165) is 30.8 Å². The van der Waals surface area contributed by atoms with Crippen LogP contribution in [0.3, 0.4) is 0 Å². The van der Waals surface area contributed by atoms with Crippen LogP contribution in [0.4, 0.5) is 26.5 Å². The molecule has 0 spiro atoms. The Morgan fingerprint density at radius 2 is 1.97 bits per heavy atom.